The van der Waals surface area contributed by atoms with Crippen molar-refractivity contribution in [2.24, 2.45) is 5.92 Å². The second-order valence-electron chi connectivity index (χ2n) is 5.57. The van der Waals surface area contributed by atoms with Gasteiger partial charge in [-0.2, -0.15) is 0 Å². The van der Waals surface area contributed by atoms with Crippen molar-refractivity contribution in [2.75, 3.05) is 13.1 Å². The summed E-state index contributed by atoms with van der Waals surface area (Å²) in [6.07, 6.45) is 0.577. The Morgan fingerprint density at radius 3 is 2.50 bits per heavy atom. The Morgan fingerprint density at radius 1 is 1.09 bits per heavy atom. The summed E-state index contributed by atoms with van der Waals surface area (Å²) in [6.45, 7) is 0.861. The molecule has 0 unspecified atom stereocenters. The molecule has 0 aliphatic carbocycles. The van der Waals surface area contributed by atoms with Gasteiger partial charge in [-0.3, -0.25) is 9.59 Å². The number of thiophene rings is 1. The van der Waals surface area contributed by atoms with Crippen molar-refractivity contribution in [1.82, 2.24) is 4.90 Å². The molecule has 3 rings (SSSR count). The number of hydrogen-bond acceptors (Lipinski definition) is 3. The van der Waals surface area contributed by atoms with Gasteiger partial charge < -0.3 is 10.0 Å². The first kappa shape index (κ1) is 14.8. The Labute approximate surface area is 133 Å². The average molecular weight is 315 g/mol. The highest BCUT2D eigenvalue weighted by Gasteiger charge is 2.34. The monoisotopic (exact) mass is 315 g/mol. The SMILES string of the molecule is O=C(O)[C@H]1C[C@H](c2ccccc2)CN(C(=O)c2cccs2)C1. The number of hydrogen-bond donors (Lipinski definition) is 1. The van der Waals surface area contributed by atoms with Gasteiger partial charge in [0, 0.05) is 19.0 Å². The van der Waals surface area contributed by atoms with Crippen molar-refractivity contribution in [2.45, 2.75) is 12.3 Å². The van der Waals surface area contributed by atoms with Crippen molar-refractivity contribution in [3.05, 3.63) is 58.3 Å². The number of carbonyl (C=O) groups is 2. The van der Waals surface area contributed by atoms with Gasteiger partial charge in [0.2, 0.25) is 0 Å². The largest absolute Gasteiger partial charge is 0.481 e. The van der Waals surface area contributed by atoms with Crippen LogP contribution in [-0.2, 0) is 4.79 Å². The molecule has 0 saturated carbocycles. The highest BCUT2D eigenvalue weighted by atomic mass is 32.1. The van der Waals surface area contributed by atoms with E-state index in [4.69, 9.17) is 0 Å². The number of aliphatic carboxylic acids is 1. The summed E-state index contributed by atoms with van der Waals surface area (Å²) in [6, 6.07) is 13.5. The third kappa shape index (κ3) is 3.04. The van der Waals surface area contributed by atoms with Crippen LogP contribution in [0.15, 0.2) is 47.8 Å². The van der Waals surface area contributed by atoms with E-state index in [0.29, 0.717) is 17.8 Å². The Morgan fingerprint density at radius 2 is 1.86 bits per heavy atom. The summed E-state index contributed by atoms with van der Waals surface area (Å²) in [5.74, 6) is -1.34. The van der Waals surface area contributed by atoms with Gasteiger partial charge >= 0.3 is 5.97 Å². The van der Waals surface area contributed by atoms with E-state index in [-0.39, 0.29) is 18.4 Å². The minimum absolute atomic E-state index is 0.0677. The van der Waals surface area contributed by atoms with Crippen LogP contribution < -0.4 is 0 Å². The van der Waals surface area contributed by atoms with Crippen LogP contribution in [0, 0.1) is 5.92 Å². The minimum Gasteiger partial charge on any atom is -0.481 e. The lowest BCUT2D eigenvalue weighted by atomic mass is 9.84. The van der Waals surface area contributed by atoms with E-state index in [0.717, 1.165) is 5.56 Å². The zero-order valence-electron chi connectivity index (χ0n) is 12.0. The second-order valence-corrected chi connectivity index (χ2v) is 6.51. The second kappa shape index (κ2) is 6.32. The Kier molecular flexibility index (Phi) is 4.24. The lowest BCUT2D eigenvalue weighted by molar-refractivity contribution is -0.143. The van der Waals surface area contributed by atoms with Gasteiger partial charge in [0.05, 0.1) is 10.8 Å². The van der Waals surface area contributed by atoms with Crippen LogP contribution in [0.25, 0.3) is 0 Å². The Bertz CT molecular complexity index is 654. The molecular weight excluding hydrogens is 298 g/mol. The van der Waals surface area contributed by atoms with Crippen LogP contribution in [0.5, 0.6) is 0 Å². The van der Waals surface area contributed by atoms with E-state index in [1.165, 1.54) is 11.3 Å². The number of carboxylic acids is 1. The van der Waals surface area contributed by atoms with Gasteiger partial charge in [0.15, 0.2) is 0 Å². The molecule has 0 radical (unpaired) electrons. The lowest BCUT2D eigenvalue weighted by Crippen LogP contribution is -2.45. The molecule has 2 atom stereocenters. The Hall–Kier alpha value is -2.14. The van der Waals surface area contributed by atoms with Crippen molar-refractivity contribution in [3.63, 3.8) is 0 Å². The average Bonchev–Trinajstić information content (AvgIpc) is 3.09. The van der Waals surface area contributed by atoms with E-state index in [1.54, 1.807) is 11.0 Å². The molecule has 0 spiro atoms. The third-order valence-electron chi connectivity index (χ3n) is 4.09. The molecule has 2 aromatic rings. The van der Waals surface area contributed by atoms with Crippen LogP contribution in [-0.4, -0.2) is 35.0 Å². The fourth-order valence-electron chi connectivity index (χ4n) is 2.97. The molecule has 1 aromatic carbocycles. The lowest BCUT2D eigenvalue weighted by Gasteiger charge is -2.36. The normalized spacial score (nSPS) is 21.5. The molecule has 1 aromatic heterocycles. The first-order valence-electron chi connectivity index (χ1n) is 7.25. The molecule has 114 valence electrons. The van der Waals surface area contributed by atoms with Gasteiger partial charge in [0.25, 0.3) is 5.91 Å². The summed E-state index contributed by atoms with van der Waals surface area (Å²) >= 11 is 1.39. The summed E-state index contributed by atoms with van der Waals surface area (Å²) < 4.78 is 0. The van der Waals surface area contributed by atoms with Crippen molar-refractivity contribution in [1.29, 1.82) is 0 Å². The number of benzene rings is 1. The molecule has 1 N–H and O–H groups in total. The highest BCUT2D eigenvalue weighted by Crippen LogP contribution is 2.31. The maximum absolute atomic E-state index is 12.5. The molecule has 5 heteroatoms. The third-order valence-corrected chi connectivity index (χ3v) is 4.95. The zero-order chi connectivity index (χ0) is 15.5. The minimum atomic E-state index is -0.829. The fraction of sp³-hybridized carbons (Fsp3) is 0.294. The first-order valence-corrected chi connectivity index (χ1v) is 8.13. The maximum atomic E-state index is 12.5. The molecule has 1 aliphatic rings. The standard InChI is InChI=1S/C17H17NO3S/c19-16(15-7-4-8-22-15)18-10-13(9-14(11-18)17(20)21)12-5-2-1-3-6-12/h1-8,13-14H,9-11H2,(H,20,21)/t13-,14-/m0/s1. The molecule has 1 amide bonds. The number of piperidine rings is 1. The van der Waals surface area contributed by atoms with Crippen LogP contribution in [0.1, 0.15) is 27.6 Å². The van der Waals surface area contributed by atoms with E-state index < -0.39 is 11.9 Å². The summed E-state index contributed by atoms with van der Waals surface area (Å²) in [7, 11) is 0. The number of nitrogens with zero attached hydrogens (tertiary/aromatic N) is 1. The van der Waals surface area contributed by atoms with Gasteiger partial charge in [-0.05, 0) is 23.4 Å². The maximum Gasteiger partial charge on any atom is 0.308 e. The van der Waals surface area contributed by atoms with E-state index in [1.807, 2.05) is 41.8 Å². The van der Waals surface area contributed by atoms with Gasteiger partial charge in [-0.1, -0.05) is 36.4 Å². The molecule has 1 aliphatic heterocycles. The molecule has 4 nitrogen and oxygen atoms in total. The van der Waals surface area contributed by atoms with E-state index in [9.17, 15) is 14.7 Å². The number of likely N-dealkylation sites (tertiary alicyclic amines) is 1. The molecule has 1 fully saturated rings. The van der Waals surface area contributed by atoms with Gasteiger partial charge in [0.1, 0.15) is 0 Å². The molecule has 0 bridgehead atoms. The van der Waals surface area contributed by atoms with Crippen molar-refractivity contribution < 1.29 is 14.7 Å². The quantitative estimate of drug-likeness (QED) is 0.947. The van der Waals surface area contributed by atoms with E-state index in [2.05, 4.69) is 0 Å². The van der Waals surface area contributed by atoms with Crippen LogP contribution in [0.4, 0.5) is 0 Å². The first-order chi connectivity index (χ1) is 10.6. The molecule has 2 heterocycles. The molecule has 1 saturated heterocycles. The fourth-order valence-corrected chi connectivity index (χ4v) is 3.66. The summed E-state index contributed by atoms with van der Waals surface area (Å²) in [5, 5.41) is 11.3. The molecule has 22 heavy (non-hydrogen) atoms. The Balaban J connectivity index is 1.84. The number of carboxylic acid groups (broad SMARTS) is 1. The number of carbonyl (C=O) groups excluding carboxylic acids is 1. The topological polar surface area (TPSA) is 57.6 Å². The van der Waals surface area contributed by atoms with Crippen molar-refractivity contribution >= 4 is 23.2 Å². The van der Waals surface area contributed by atoms with Crippen LogP contribution in [0.2, 0.25) is 0 Å². The molecular formula is C17H17NO3S. The predicted octanol–water partition coefficient (Wildman–Crippen LogP) is 3.08. The highest BCUT2D eigenvalue weighted by molar-refractivity contribution is 7.12. The number of rotatable bonds is 3. The summed E-state index contributed by atoms with van der Waals surface area (Å²) in [5.41, 5.74) is 1.09. The van der Waals surface area contributed by atoms with Gasteiger partial charge in [-0.25, -0.2) is 0 Å². The van der Waals surface area contributed by atoms with Crippen LogP contribution in [0.3, 0.4) is 0 Å². The van der Waals surface area contributed by atoms with E-state index >= 15 is 0 Å². The zero-order valence-corrected chi connectivity index (χ0v) is 12.8. The number of amides is 1. The smallest absolute Gasteiger partial charge is 0.308 e. The van der Waals surface area contributed by atoms with Crippen LogP contribution >= 0.6 is 11.3 Å². The van der Waals surface area contributed by atoms with Crippen molar-refractivity contribution in [3.8, 4) is 0 Å². The predicted molar refractivity (Wildman–Crippen MR) is 85.1 cm³/mol. The van der Waals surface area contributed by atoms with Gasteiger partial charge in [-0.15, -0.1) is 11.3 Å². The summed E-state index contributed by atoms with van der Waals surface area (Å²) in [4.78, 5) is 26.4.